The van der Waals surface area contributed by atoms with E-state index in [1.54, 1.807) is 0 Å². The summed E-state index contributed by atoms with van der Waals surface area (Å²) in [5, 5.41) is 21.6. The molecule has 3 atom stereocenters. The fraction of sp³-hybridized carbons (Fsp3) is 0.760. The SMILES string of the molecule is CCCC[C@H](O)[C@H](C[C@H](O)CCO[Si](C(C)C)(C(C)C)C(C)C)[Se]c1ccccc1. The molecule has 1 aromatic rings. The Hall–Kier alpha value is -0.164. The molecule has 0 fully saturated rings. The number of rotatable bonds is 15. The first-order valence-electron chi connectivity index (χ1n) is 11.9. The number of aliphatic hydroxyl groups excluding tert-OH is 2. The molecule has 30 heavy (non-hydrogen) atoms. The summed E-state index contributed by atoms with van der Waals surface area (Å²) in [6.07, 6.45) is 3.50. The van der Waals surface area contributed by atoms with E-state index in [9.17, 15) is 10.2 Å². The fourth-order valence-electron chi connectivity index (χ4n) is 4.81. The molecule has 0 heterocycles. The third kappa shape index (κ3) is 8.41. The van der Waals surface area contributed by atoms with E-state index in [0.717, 1.165) is 19.3 Å². The average Bonchev–Trinajstić information content (AvgIpc) is 2.68. The van der Waals surface area contributed by atoms with Gasteiger partial charge in [0, 0.05) is 0 Å². The van der Waals surface area contributed by atoms with E-state index in [-0.39, 0.29) is 25.9 Å². The van der Waals surface area contributed by atoms with Crippen LogP contribution in [0.4, 0.5) is 0 Å². The molecule has 0 unspecified atom stereocenters. The van der Waals surface area contributed by atoms with Gasteiger partial charge in [0.05, 0.1) is 0 Å². The molecule has 0 radical (unpaired) electrons. The Kier molecular flexibility index (Phi) is 13.1. The molecule has 3 nitrogen and oxygen atoms in total. The molecule has 2 N–H and O–H groups in total. The van der Waals surface area contributed by atoms with Crippen LogP contribution in [0, 0.1) is 0 Å². The predicted molar refractivity (Wildman–Crippen MR) is 133 cm³/mol. The van der Waals surface area contributed by atoms with Crippen molar-refractivity contribution in [3.63, 3.8) is 0 Å². The molecule has 0 aromatic heterocycles. The number of benzene rings is 1. The van der Waals surface area contributed by atoms with Gasteiger partial charge in [0.25, 0.3) is 0 Å². The zero-order valence-corrected chi connectivity index (χ0v) is 23.0. The molecule has 0 aliphatic rings. The van der Waals surface area contributed by atoms with Gasteiger partial charge in [-0.2, -0.15) is 0 Å². The van der Waals surface area contributed by atoms with Crippen molar-refractivity contribution in [2.75, 3.05) is 6.61 Å². The van der Waals surface area contributed by atoms with Gasteiger partial charge in [0.2, 0.25) is 0 Å². The quantitative estimate of drug-likeness (QED) is 0.304. The van der Waals surface area contributed by atoms with Crippen LogP contribution in [0.3, 0.4) is 0 Å². The summed E-state index contributed by atoms with van der Waals surface area (Å²) in [6.45, 7) is 16.6. The van der Waals surface area contributed by atoms with E-state index in [1.165, 1.54) is 4.46 Å². The monoisotopic (exact) mass is 502 g/mol. The number of hydrogen-bond donors (Lipinski definition) is 2. The Morgan fingerprint density at radius 1 is 0.900 bits per heavy atom. The van der Waals surface area contributed by atoms with E-state index >= 15 is 0 Å². The molecule has 5 heteroatoms. The molecule has 0 amide bonds. The van der Waals surface area contributed by atoms with Gasteiger partial charge in [-0.1, -0.05) is 0 Å². The Morgan fingerprint density at radius 2 is 1.47 bits per heavy atom. The van der Waals surface area contributed by atoms with E-state index in [2.05, 4.69) is 72.7 Å². The average molecular weight is 502 g/mol. The zero-order valence-electron chi connectivity index (χ0n) is 20.3. The van der Waals surface area contributed by atoms with Crippen LogP contribution in [0.15, 0.2) is 30.3 Å². The van der Waals surface area contributed by atoms with Crippen molar-refractivity contribution in [1.29, 1.82) is 0 Å². The van der Waals surface area contributed by atoms with Gasteiger partial charge in [-0.15, -0.1) is 0 Å². The molecule has 1 aromatic carbocycles. The van der Waals surface area contributed by atoms with Crippen LogP contribution < -0.4 is 4.46 Å². The Morgan fingerprint density at radius 3 is 1.97 bits per heavy atom. The molecule has 0 saturated carbocycles. The van der Waals surface area contributed by atoms with E-state index in [1.807, 2.05) is 6.07 Å². The summed E-state index contributed by atoms with van der Waals surface area (Å²) in [4.78, 5) is 0.142. The van der Waals surface area contributed by atoms with E-state index < -0.39 is 14.4 Å². The van der Waals surface area contributed by atoms with Gasteiger partial charge in [0.1, 0.15) is 0 Å². The van der Waals surface area contributed by atoms with Gasteiger partial charge >= 0.3 is 194 Å². The summed E-state index contributed by atoms with van der Waals surface area (Å²) < 4.78 is 7.92. The van der Waals surface area contributed by atoms with Crippen LogP contribution in [-0.4, -0.2) is 52.3 Å². The summed E-state index contributed by atoms with van der Waals surface area (Å²) in [5.41, 5.74) is 1.67. The van der Waals surface area contributed by atoms with Crippen LogP contribution in [0.1, 0.15) is 80.6 Å². The molecule has 0 spiro atoms. The summed E-state index contributed by atoms with van der Waals surface area (Å²) in [7, 11) is -1.89. The predicted octanol–water partition coefficient (Wildman–Crippen LogP) is 5.69. The minimum atomic E-state index is -1.89. The van der Waals surface area contributed by atoms with E-state index in [4.69, 9.17) is 4.43 Å². The van der Waals surface area contributed by atoms with Gasteiger partial charge in [-0.05, 0) is 0 Å². The molecule has 0 aliphatic heterocycles. The third-order valence-electron chi connectivity index (χ3n) is 6.33. The molecular formula is C25H46O3SeSi. The molecule has 0 aliphatic carbocycles. The topological polar surface area (TPSA) is 49.7 Å². The number of aliphatic hydroxyl groups is 2. The summed E-state index contributed by atoms with van der Waals surface area (Å²) >= 11 is 0.155. The molecular weight excluding hydrogens is 455 g/mol. The molecule has 0 saturated heterocycles. The maximum absolute atomic E-state index is 10.8. The van der Waals surface area contributed by atoms with Crippen molar-refractivity contribution in [1.82, 2.24) is 0 Å². The van der Waals surface area contributed by atoms with Gasteiger partial charge < -0.3 is 0 Å². The molecule has 0 bridgehead atoms. The third-order valence-corrected chi connectivity index (χ3v) is 15.3. The van der Waals surface area contributed by atoms with Gasteiger partial charge in [-0.3, -0.25) is 0 Å². The van der Waals surface area contributed by atoms with Crippen LogP contribution in [0.25, 0.3) is 0 Å². The maximum atomic E-state index is 10.8. The van der Waals surface area contributed by atoms with Crippen molar-refractivity contribution in [2.45, 2.75) is 114 Å². The first kappa shape index (κ1) is 27.9. The first-order valence-corrected chi connectivity index (χ1v) is 15.8. The fourth-order valence-corrected chi connectivity index (χ4v) is 13.0. The standard InChI is InChI=1S/C25H46O3SeSi/c1-8-9-15-24(27)25(29-23-13-11-10-12-14-23)18-22(26)16-17-28-30(19(2)3,20(4)5)21(6)7/h10-14,19-22,24-27H,8-9,15-18H2,1-7H3/t22-,24+,25+/m1/s1. The zero-order chi connectivity index (χ0) is 22.7. The van der Waals surface area contributed by atoms with Crippen molar-refractivity contribution in [3.05, 3.63) is 30.3 Å². The second kappa shape index (κ2) is 14.1. The van der Waals surface area contributed by atoms with Crippen molar-refractivity contribution < 1.29 is 14.6 Å². The Labute approximate surface area is 193 Å². The summed E-state index contributed by atoms with van der Waals surface area (Å²) in [5.74, 6) is 0. The van der Waals surface area contributed by atoms with Crippen molar-refractivity contribution in [3.8, 4) is 0 Å². The van der Waals surface area contributed by atoms with Crippen molar-refractivity contribution in [2.24, 2.45) is 0 Å². The van der Waals surface area contributed by atoms with Crippen LogP contribution in [-0.2, 0) is 4.43 Å². The summed E-state index contributed by atoms with van der Waals surface area (Å²) in [6, 6.07) is 10.4. The van der Waals surface area contributed by atoms with E-state index in [0.29, 0.717) is 36.1 Å². The number of hydrogen-bond acceptors (Lipinski definition) is 3. The van der Waals surface area contributed by atoms with Gasteiger partial charge in [0.15, 0.2) is 0 Å². The normalized spacial score (nSPS) is 15.7. The second-order valence-electron chi connectivity index (χ2n) is 9.52. The Bertz CT molecular complexity index is 543. The first-order chi connectivity index (χ1) is 14.1. The minimum absolute atomic E-state index is 0.142. The van der Waals surface area contributed by atoms with Crippen LogP contribution >= 0.6 is 0 Å². The second-order valence-corrected chi connectivity index (χ2v) is 17.7. The number of unbranched alkanes of at least 4 members (excludes halogenated alkanes) is 1. The van der Waals surface area contributed by atoms with Crippen molar-refractivity contribution >= 4 is 27.7 Å². The molecule has 1 rings (SSSR count). The van der Waals surface area contributed by atoms with Crippen LogP contribution in [0.5, 0.6) is 0 Å². The van der Waals surface area contributed by atoms with Gasteiger partial charge in [-0.25, -0.2) is 0 Å². The van der Waals surface area contributed by atoms with Crippen LogP contribution in [0.2, 0.25) is 21.4 Å². The molecule has 174 valence electrons. The Balaban J connectivity index is 2.72.